The molecular formula is C12H25N. The molecule has 13 heavy (non-hydrogen) atoms. The SMILES string of the molecule is CCCCCNC1C(C)(C)C1(C)C. The Hall–Kier alpha value is -0.0400. The van der Waals surface area contributed by atoms with Crippen LogP contribution in [-0.4, -0.2) is 12.6 Å². The number of hydrogen-bond acceptors (Lipinski definition) is 1. The van der Waals surface area contributed by atoms with Gasteiger partial charge in [-0.1, -0.05) is 47.5 Å². The standard InChI is InChI=1S/C12H25N/c1-6-7-8-9-13-10-11(2,3)12(10,4)5/h10,13H,6-9H2,1-5H3. The van der Waals surface area contributed by atoms with Crippen molar-refractivity contribution in [3.8, 4) is 0 Å². The third-order valence-electron chi connectivity index (χ3n) is 4.15. The molecule has 1 aliphatic rings. The third-order valence-corrected chi connectivity index (χ3v) is 4.15. The Morgan fingerprint density at radius 1 is 1.00 bits per heavy atom. The van der Waals surface area contributed by atoms with Crippen LogP contribution in [0.4, 0.5) is 0 Å². The Labute approximate surface area is 83.3 Å². The van der Waals surface area contributed by atoms with Gasteiger partial charge in [-0.3, -0.25) is 0 Å². The van der Waals surface area contributed by atoms with E-state index in [2.05, 4.69) is 39.9 Å². The molecule has 0 aliphatic heterocycles. The molecule has 0 amide bonds. The lowest BCUT2D eigenvalue weighted by Crippen LogP contribution is -2.23. The molecule has 0 heterocycles. The second-order valence-electron chi connectivity index (χ2n) is 5.54. The van der Waals surface area contributed by atoms with Crippen LogP contribution < -0.4 is 5.32 Å². The molecule has 0 aromatic heterocycles. The molecule has 0 saturated heterocycles. The summed E-state index contributed by atoms with van der Waals surface area (Å²) in [7, 11) is 0. The zero-order valence-corrected chi connectivity index (χ0v) is 9.91. The Morgan fingerprint density at radius 3 is 1.92 bits per heavy atom. The lowest BCUT2D eigenvalue weighted by atomic mass is 10.0. The summed E-state index contributed by atoms with van der Waals surface area (Å²) in [4.78, 5) is 0. The van der Waals surface area contributed by atoms with Crippen molar-refractivity contribution in [3.05, 3.63) is 0 Å². The average Bonchev–Trinajstić information content (AvgIpc) is 2.39. The molecule has 1 rings (SSSR count). The van der Waals surface area contributed by atoms with Crippen molar-refractivity contribution in [2.24, 2.45) is 10.8 Å². The molecule has 0 spiro atoms. The van der Waals surface area contributed by atoms with E-state index < -0.39 is 0 Å². The topological polar surface area (TPSA) is 12.0 Å². The minimum Gasteiger partial charge on any atom is -0.313 e. The molecule has 1 heteroatoms. The van der Waals surface area contributed by atoms with E-state index in [4.69, 9.17) is 0 Å². The number of nitrogens with one attached hydrogen (secondary N) is 1. The molecule has 0 radical (unpaired) electrons. The fraction of sp³-hybridized carbons (Fsp3) is 1.00. The summed E-state index contributed by atoms with van der Waals surface area (Å²) in [5, 5.41) is 3.67. The highest BCUT2D eigenvalue weighted by Crippen LogP contribution is 2.62. The largest absolute Gasteiger partial charge is 0.313 e. The van der Waals surface area contributed by atoms with Crippen molar-refractivity contribution in [2.45, 2.75) is 59.9 Å². The van der Waals surface area contributed by atoms with Crippen LogP contribution in [-0.2, 0) is 0 Å². The van der Waals surface area contributed by atoms with Gasteiger partial charge in [0.15, 0.2) is 0 Å². The van der Waals surface area contributed by atoms with Crippen molar-refractivity contribution in [1.29, 1.82) is 0 Å². The molecule has 0 bridgehead atoms. The van der Waals surface area contributed by atoms with E-state index in [0.29, 0.717) is 10.8 Å². The van der Waals surface area contributed by atoms with Gasteiger partial charge in [0.2, 0.25) is 0 Å². The monoisotopic (exact) mass is 183 g/mol. The number of unbranched alkanes of at least 4 members (excludes halogenated alkanes) is 2. The maximum Gasteiger partial charge on any atom is 0.0181 e. The zero-order valence-electron chi connectivity index (χ0n) is 9.91. The van der Waals surface area contributed by atoms with Crippen molar-refractivity contribution < 1.29 is 0 Å². The van der Waals surface area contributed by atoms with Crippen molar-refractivity contribution in [2.75, 3.05) is 6.54 Å². The summed E-state index contributed by atoms with van der Waals surface area (Å²) in [5.41, 5.74) is 0.998. The van der Waals surface area contributed by atoms with Gasteiger partial charge in [-0.2, -0.15) is 0 Å². The second-order valence-corrected chi connectivity index (χ2v) is 5.54. The Morgan fingerprint density at radius 2 is 1.54 bits per heavy atom. The van der Waals surface area contributed by atoms with Crippen LogP contribution in [0.2, 0.25) is 0 Å². The molecule has 1 N–H and O–H groups in total. The molecule has 0 aromatic carbocycles. The van der Waals surface area contributed by atoms with Crippen LogP contribution in [0.3, 0.4) is 0 Å². The Bertz CT molecular complexity index is 156. The molecule has 1 saturated carbocycles. The molecule has 0 aromatic rings. The van der Waals surface area contributed by atoms with Gasteiger partial charge in [-0.15, -0.1) is 0 Å². The van der Waals surface area contributed by atoms with Gasteiger partial charge in [0.25, 0.3) is 0 Å². The first-order valence-corrected chi connectivity index (χ1v) is 5.68. The maximum atomic E-state index is 3.67. The van der Waals surface area contributed by atoms with E-state index in [1.54, 1.807) is 0 Å². The fourth-order valence-corrected chi connectivity index (χ4v) is 2.33. The van der Waals surface area contributed by atoms with Crippen molar-refractivity contribution in [3.63, 3.8) is 0 Å². The van der Waals surface area contributed by atoms with Crippen molar-refractivity contribution in [1.82, 2.24) is 5.32 Å². The quantitative estimate of drug-likeness (QED) is 0.645. The lowest BCUT2D eigenvalue weighted by Gasteiger charge is -2.05. The molecule has 0 unspecified atom stereocenters. The van der Waals surface area contributed by atoms with Gasteiger partial charge in [0.1, 0.15) is 0 Å². The summed E-state index contributed by atoms with van der Waals surface area (Å²) in [6.45, 7) is 12.9. The predicted octanol–water partition coefficient (Wildman–Crippen LogP) is 3.20. The third kappa shape index (κ3) is 1.90. The molecule has 1 nitrogen and oxygen atoms in total. The van der Waals surface area contributed by atoms with Gasteiger partial charge in [0.05, 0.1) is 0 Å². The highest BCUT2D eigenvalue weighted by molar-refractivity contribution is 5.17. The summed E-state index contributed by atoms with van der Waals surface area (Å²) >= 11 is 0. The number of rotatable bonds is 5. The normalized spacial score (nSPS) is 24.7. The minimum atomic E-state index is 0.499. The van der Waals surface area contributed by atoms with Gasteiger partial charge in [-0.25, -0.2) is 0 Å². The summed E-state index contributed by atoms with van der Waals surface area (Å²) in [6.07, 6.45) is 4.01. The van der Waals surface area contributed by atoms with Crippen LogP contribution in [0.25, 0.3) is 0 Å². The molecule has 78 valence electrons. The summed E-state index contributed by atoms with van der Waals surface area (Å²) in [6, 6.07) is 0.733. The highest BCUT2D eigenvalue weighted by Gasteiger charge is 2.64. The van der Waals surface area contributed by atoms with E-state index in [0.717, 1.165) is 6.04 Å². The Kier molecular flexibility index (Phi) is 3.06. The molecule has 1 aliphatic carbocycles. The zero-order chi connectivity index (χ0) is 10.1. The van der Waals surface area contributed by atoms with Crippen LogP contribution in [0, 0.1) is 10.8 Å². The van der Waals surface area contributed by atoms with E-state index >= 15 is 0 Å². The fourth-order valence-electron chi connectivity index (χ4n) is 2.33. The maximum absolute atomic E-state index is 3.67. The van der Waals surface area contributed by atoms with Crippen LogP contribution in [0.5, 0.6) is 0 Å². The van der Waals surface area contributed by atoms with Gasteiger partial charge in [-0.05, 0) is 23.8 Å². The van der Waals surface area contributed by atoms with Gasteiger partial charge < -0.3 is 5.32 Å². The molecule has 1 fully saturated rings. The van der Waals surface area contributed by atoms with E-state index in [9.17, 15) is 0 Å². The minimum absolute atomic E-state index is 0.499. The first-order valence-electron chi connectivity index (χ1n) is 5.68. The van der Waals surface area contributed by atoms with Crippen LogP contribution in [0.1, 0.15) is 53.9 Å². The first-order chi connectivity index (χ1) is 5.94. The summed E-state index contributed by atoms with van der Waals surface area (Å²) < 4.78 is 0. The van der Waals surface area contributed by atoms with Crippen LogP contribution >= 0.6 is 0 Å². The second kappa shape index (κ2) is 3.61. The molecule has 0 atom stereocenters. The lowest BCUT2D eigenvalue weighted by molar-refractivity contribution is 0.457. The van der Waals surface area contributed by atoms with Gasteiger partial charge in [0, 0.05) is 6.04 Å². The van der Waals surface area contributed by atoms with Crippen LogP contribution in [0.15, 0.2) is 0 Å². The van der Waals surface area contributed by atoms with Crippen molar-refractivity contribution >= 4 is 0 Å². The summed E-state index contributed by atoms with van der Waals surface area (Å²) in [5.74, 6) is 0. The molecular weight excluding hydrogens is 158 g/mol. The van der Waals surface area contributed by atoms with Gasteiger partial charge >= 0.3 is 0 Å². The Balaban J connectivity index is 2.19. The smallest absolute Gasteiger partial charge is 0.0181 e. The predicted molar refractivity (Wildman–Crippen MR) is 58.9 cm³/mol. The number of hydrogen-bond donors (Lipinski definition) is 1. The van der Waals surface area contributed by atoms with E-state index in [1.165, 1.54) is 25.8 Å². The average molecular weight is 183 g/mol. The van der Waals surface area contributed by atoms with E-state index in [1.807, 2.05) is 0 Å². The van der Waals surface area contributed by atoms with E-state index in [-0.39, 0.29) is 0 Å². The highest BCUT2D eigenvalue weighted by atomic mass is 15.0. The first kappa shape index (κ1) is 11.0.